The molecule has 0 fully saturated rings. The van der Waals surface area contributed by atoms with Gasteiger partial charge in [0.1, 0.15) is 5.52 Å². The highest BCUT2D eigenvalue weighted by Crippen LogP contribution is 2.20. The van der Waals surface area contributed by atoms with Crippen LogP contribution in [0.3, 0.4) is 0 Å². The summed E-state index contributed by atoms with van der Waals surface area (Å²) in [5, 5.41) is 11.5. The number of fused-ring (bicyclic) bond motifs is 1. The van der Waals surface area contributed by atoms with E-state index in [1.54, 1.807) is 23.0 Å². The Hall–Kier alpha value is -3.54. The molecule has 122 valence electrons. The van der Waals surface area contributed by atoms with Gasteiger partial charge < -0.3 is 5.32 Å². The van der Waals surface area contributed by atoms with Crippen molar-refractivity contribution in [3.05, 3.63) is 90.3 Å². The first-order valence-electron chi connectivity index (χ1n) is 7.89. The average molecular weight is 329 g/mol. The van der Waals surface area contributed by atoms with Gasteiger partial charge in [0.25, 0.3) is 5.91 Å². The molecule has 1 amide bonds. The number of pyridine rings is 1. The summed E-state index contributed by atoms with van der Waals surface area (Å²) in [7, 11) is 0. The van der Waals surface area contributed by atoms with Crippen molar-refractivity contribution in [2.24, 2.45) is 0 Å². The molecule has 2 heterocycles. The molecule has 1 atom stereocenters. The maximum Gasteiger partial charge on any atom is 0.254 e. The van der Waals surface area contributed by atoms with Crippen molar-refractivity contribution in [3.8, 4) is 0 Å². The topological polar surface area (TPSA) is 72.7 Å². The SMILES string of the molecule is O=C(N[C@@H](c1ccccc1)n1nnc2ccccc21)c1cccnc1. The summed E-state index contributed by atoms with van der Waals surface area (Å²) < 4.78 is 1.72. The van der Waals surface area contributed by atoms with Crippen LogP contribution in [0.5, 0.6) is 0 Å². The van der Waals surface area contributed by atoms with E-state index in [2.05, 4.69) is 20.6 Å². The van der Waals surface area contributed by atoms with E-state index in [-0.39, 0.29) is 5.91 Å². The van der Waals surface area contributed by atoms with Crippen LogP contribution in [0.15, 0.2) is 79.1 Å². The van der Waals surface area contributed by atoms with Crippen LogP contribution >= 0.6 is 0 Å². The van der Waals surface area contributed by atoms with Gasteiger partial charge in [-0.2, -0.15) is 0 Å². The van der Waals surface area contributed by atoms with E-state index in [1.807, 2.05) is 54.6 Å². The molecule has 4 aromatic rings. The minimum absolute atomic E-state index is 0.221. The van der Waals surface area contributed by atoms with Gasteiger partial charge in [0, 0.05) is 12.4 Å². The second-order valence-electron chi connectivity index (χ2n) is 5.55. The van der Waals surface area contributed by atoms with Gasteiger partial charge in [0.2, 0.25) is 0 Å². The molecule has 2 aromatic heterocycles. The van der Waals surface area contributed by atoms with Gasteiger partial charge in [-0.1, -0.05) is 47.7 Å². The summed E-state index contributed by atoms with van der Waals surface area (Å²) in [4.78, 5) is 16.6. The van der Waals surface area contributed by atoms with E-state index in [9.17, 15) is 4.79 Å². The van der Waals surface area contributed by atoms with Crippen LogP contribution in [0.25, 0.3) is 11.0 Å². The highest BCUT2D eigenvalue weighted by Gasteiger charge is 2.20. The number of aromatic nitrogens is 4. The number of carbonyl (C=O) groups excluding carboxylic acids is 1. The molecule has 4 rings (SSSR count). The summed E-state index contributed by atoms with van der Waals surface area (Å²) in [6.07, 6.45) is 2.70. The molecule has 2 aromatic carbocycles. The highest BCUT2D eigenvalue weighted by atomic mass is 16.1. The highest BCUT2D eigenvalue weighted by molar-refractivity contribution is 5.94. The fourth-order valence-corrected chi connectivity index (χ4v) is 2.70. The first-order valence-corrected chi connectivity index (χ1v) is 7.89. The summed E-state index contributed by atoms with van der Waals surface area (Å²) in [6.45, 7) is 0. The summed E-state index contributed by atoms with van der Waals surface area (Å²) >= 11 is 0. The van der Waals surface area contributed by atoms with Crippen molar-refractivity contribution in [1.82, 2.24) is 25.3 Å². The molecule has 0 spiro atoms. The molecular formula is C19H15N5O. The van der Waals surface area contributed by atoms with E-state index in [4.69, 9.17) is 0 Å². The van der Waals surface area contributed by atoms with E-state index in [1.165, 1.54) is 6.20 Å². The molecule has 1 N–H and O–H groups in total. The number of hydrogen-bond donors (Lipinski definition) is 1. The molecule has 0 radical (unpaired) electrons. The van der Waals surface area contributed by atoms with E-state index in [0.29, 0.717) is 5.56 Å². The second kappa shape index (κ2) is 6.52. The van der Waals surface area contributed by atoms with E-state index < -0.39 is 6.17 Å². The Kier molecular flexibility index (Phi) is 3.92. The number of nitrogens with zero attached hydrogens (tertiary/aromatic N) is 4. The van der Waals surface area contributed by atoms with Gasteiger partial charge in [-0.3, -0.25) is 9.78 Å². The van der Waals surface area contributed by atoms with E-state index in [0.717, 1.165) is 16.6 Å². The Labute approximate surface area is 144 Å². The van der Waals surface area contributed by atoms with Crippen LogP contribution in [-0.2, 0) is 0 Å². The third-order valence-corrected chi connectivity index (χ3v) is 3.93. The van der Waals surface area contributed by atoms with Crippen LogP contribution in [-0.4, -0.2) is 25.9 Å². The normalized spacial score (nSPS) is 12.0. The first-order chi connectivity index (χ1) is 12.3. The minimum atomic E-state index is -0.471. The van der Waals surface area contributed by atoms with Crippen LogP contribution in [0.2, 0.25) is 0 Å². The molecule has 0 aliphatic heterocycles. The number of rotatable bonds is 4. The maximum absolute atomic E-state index is 12.6. The van der Waals surface area contributed by atoms with Gasteiger partial charge in [-0.25, -0.2) is 4.68 Å². The zero-order chi connectivity index (χ0) is 17.1. The lowest BCUT2D eigenvalue weighted by atomic mass is 10.1. The predicted octanol–water partition coefficient (Wildman–Crippen LogP) is 2.80. The van der Waals surface area contributed by atoms with Crippen molar-refractivity contribution >= 4 is 16.9 Å². The Morgan fingerprint density at radius 2 is 1.76 bits per heavy atom. The van der Waals surface area contributed by atoms with Crippen molar-refractivity contribution < 1.29 is 4.79 Å². The predicted molar refractivity (Wildman–Crippen MR) is 93.8 cm³/mol. The summed E-state index contributed by atoms with van der Waals surface area (Å²) in [6, 6.07) is 20.8. The maximum atomic E-state index is 12.6. The zero-order valence-electron chi connectivity index (χ0n) is 13.3. The first kappa shape index (κ1) is 15.0. The van der Waals surface area contributed by atoms with Crippen molar-refractivity contribution in [3.63, 3.8) is 0 Å². The van der Waals surface area contributed by atoms with Gasteiger partial charge in [-0.05, 0) is 29.8 Å². The standard InChI is InChI=1S/C19H15N5O/c25-19(15-9-6-12-20-13-15)21-18(14-7-2-1-3-8-14)24-17-11-5-4-10-16(17)22-23-24/h1-13,18H,(H,21,25)/t18-/m1/s1. The van der Waals surface area contributed by atoms with Crippen LogP contribution in [0.1, 0.15) is 22.1 Å². The molecule has 0 bridgehead atoms. The summed E-state index contributed by atoms with van der Waals surface area (Å²) in [5.41, 5.74) is 3.03. The third-order valence-electron chi connectivity index (χ3n) is 3.93. The molecule has 6 nitrogen and oxygen atoms in total. The fraction of sp³-hybridized carbons (Fsp3) is 0.0526. The number of nitrogens with one attached hydrogen (secondary N) is 1. The number of para-hydroxylation sites is 1. The second-order valence-corrected chi connectivity index (χ2v) is 5.55. The number of amides is 1. The monoisotopic (exact) mass is 329 g/mol. The van der Waals surface area contributed by atoms with Crippen LogP contribution in [0.4, 0.5) is 0 Å². The number of hydrogen-bond acceptors (Lipinski definition) is 4. The molecule has 0 aliphatic rings. The molecule has 25 heavy (non-hydrogen) atoms. The largest absolute Gasteiger partial charge is 0.326 e. The Morgan fingerprint density at radius 1 is 0.960 bits per heavy atom. The van der Waals surface area contributed by atoms with Gasteiger partial charge in [0.05, 0.1) is 11.1 Å². The zero-order valence-corrected chi connectivity index (χ0v) is 13.3. The van der Waals surface area contributed by atoms with Gasteiger partial charge in [-0.15, -0.1) is 5.10 Å². The van der Waals surface area contributed by atoms with Crippen LogP contribution in [0, 0.1) is 0 Å². The van der Waals surface area contributed by atoms with Gasteiger partial charge in [0.15, 0.2) is 6.17 Å². The molecular weight excluding hydrogens is 314 g/mol. The Bertz CT molecular complexity index is 998. The third kappa shape index (κ3) is 2.97. The van der Waals surface area contributed by atoms with Crippen molar-refractivity contribution in [2.75, 3.05) is 0 Å². The molecule has 0 aliphatic carbocycles. The van der Waals surface area contributed by atoms with E-state index >= 15 is 0 Å². The molecule has 0 saturated heterocycles. The molecule has 0 saturated carbocycles. The average Bonchev–Trinajstić information content (AvgIpc) is 3.11. The molecule has 0 unspecified atom stereocenters. The fourth-order valence-electron chi connectivity index (χ4n) is 2.70. The van der Waals surface area contributed by atoms with Crippen molar-refractivity contribution in [2.45, 2.75) is 6.17 Å². The lowest BCUT2D eigenvalue weighted by Gasteiger charge is -2.20. The van der Waals surface area contributed by atoms with Crippen LogP contribution < -0.4 is 5.32 Å². The molecule has 6 heteroatoms. The Morgan fingerprint density at radius 3 is 2.56 bits per heavy atom. The minimum Gasteiger partial charge on any atom is -0.326 e. The smallest absolute Gasteiger partial charge is 0.254 e. The Balaban J connectivity index is 1.76. The number of benzene rings is 2. The quantitative estimate of drug-likeness (QED) is 0.625. The summed E-state index contributed by atoms with van der Waals surface area (Å²) in [5.74, 6) is -0.221. The van der Waals surface area contributed by atoms with Gasteiger partial charge >= 0.3 is 0 Å². The number of carbonyl (C=O) groups is 1. The van der Waals surface area contributed by atoms with Crippen molar-refractivity contribution in [1.29, 1.82) is 0 Å². The lowest BCUT2D eigenvalue weighted by molar-refractivity contribution is 0.0927. The lowest BCUT2D eigenvalue weighted by Crippen LogP contribution is -2.34.